The molecule has 0 atom stereocenters. The summed E-state index contributed by atoms with van der Waals surface area (Å²) < 4.78 is 16.4. The molecule has 1 amide bonds. The van der Waals surface area contributed by atoms with Gasteiger partial charge in [0, 0.05) is 0 Å². The fourth-order valence-corrected chi connectivity index (χ4v) is 5.05. The summed E-state index contributed by atoms with van der Waals surface area (Å²) in [4.78, 5) is 24.1. The molecule has 1 heterocycles. The number of carbonyl (C=O) groups excluding carboxylic acids is 1. The molecule has 3 aromatic rings. The second kappa shape index (κ2) is 8.97. The van der Waals surface area contributed by atoms with Crippen LogP contribution >= 0.6 is 0 Å². The van der Waals surface area contributed by atoms with Crippen LogP contribution in [0.25, 0.3) is 9.65 Å². The van der Waals surface area contributed by atoms with Crippen LogP contribution < -0.4 is 10.9 Å². The van der Waals surface area contributed by atoms with Crippen molar-refractivity contribution in [1.29, 1.82) is 0 Å². The first kappa shape index (κ1) is 18.6. The van der Waals surface area contributed by atoms with Gasteiger partial charge in [-0.2, -0.15) is 0 Å². The van der Waals surface area contributed by atoms with E-state index < -0.39 is 5.82 Å². The predicted octanol–water partition coefficient (Wildman–Crippen LogP) is 3.19. The average Bonchev–Trinajstić information content (AvgIpc) is 2.98. The van der Waals surface area contributed by atoms with E-state index in [-0.39, 0.29) is 31.6 Å². The normalized spacial score (nSPS) is 11.0. The molecule has 6 heteroatoms. The molecule has 1 aromatic heterocycles. The topological polar surface area (TPSA) is 51.1 Å². The van der Waals surface area contributed by atoms with E-state index in [0.29, 0.717) is 18.7 Å². The Morgan fingerprint density at radius 2 is 1.77 bits per heavy atom. The molecular weight excluding hydrogens is 398 g/mol. The van der Waals surface area contributed by atoms with Crippen molar-refractivity contribution < 1.29 is 9.18 Å². The summed E-state index contributed by atoms with van der Waals surface area (Å²) in [7, 11) is 0. The summed E-state index contributed by atoms with van der Waals surface area (Å²) in [6, 6.07) is 14.0. The molecule has 0 aliphatic carbocycles. The second-order valence-electron chi connectivity index (χ2n) is 6.15. The van der Waals surface area contributed by atoms with Gasteiger partial charge in [-0.25, -0.2) is 0 Å². The van der Waals surface area contributed by atoms with Crippen LogP contribution in [0.1, 0.15) is 36.0 Å². The van der Waals surface area contributed by atoms with Crippen molar-refractivity contribution in [2.24, 2.45) is 0 Å². The molecule has 0 radical (unpaired) electrons. The third-order valence-corrected chi connectivity index (χ3v) is 6.55. The zero-order valence-corrected chi connectivity index (χ0v) is 16.1. The molecule has 0 bridgehead atoms. The SMILES string of the molecule is O=C(NCCCCCCn1[se]c2cccc(F)c2c1=O)c1ccccc1. The molecule has 0 unspecified atom stereocenters. The molecular formula is C20H21FN2O2Se. The third-order valence-electron chi connectivity index (χ3n) is 4.23. The Bertz CT molecular complexity index is 934. The number of nitrogens with one attached hydrogen (secondary N) is 1. The Labute approximate surface area is 157 Å². The van der Waals surface area contributed by atoms with Gasteiger partial charge in [-0.15, -0.1) is 0 Å². The monoisotopic (exact) mass is 420 g/mol. The van der Waals surface area contributed by atoms with Gasteiger partial charge in [0.25, 0.3) is 0 Å². The van der Waals surface area contributed by atoms with Crippen molar-refractivity contribution >= 4 is 30.3 Å². The number of rotatable bonds is 8. The maximum absolute atomic E-state index is 13.8. The molecule has 136 valence electrons. The zero-order valence-electron chi connectivity index (χ0n) is 14.4. The number of aromatic nitrogens is 1. The molecule has 0 saturated heterocycles. The van der Waals surface area contributed by atoms with Crippen LogP contribution in [0.15, 0.2) is 53.3 Å². The Morgan fingerprint density at radius 3 is 2.54 bits per heavy atom. The maximum atomic E-state index is 13.8. The first-order chi connectivity index (χ1) is 12.7. The minimum atomic E-state index is -0.411. The molecule has 2 aromatic carbocycles. The summed E-state index contributed by atoms with van der Waals surface area (Å²) in [6.07, 6.45) is 3.79. The third kappa shape index (κ3) is 4.51. The molecule has 0 aliphatic heterocycles. The van der Waals surface area contributed by atoms with Crippen molar-refractivity contribution in [3.05, 3.63) is 70.3 Å². The van der Waals surface area contributed by atoms with E-state index in [2.05, 4.69) is 5.32 Å². The van der Waals surface area contributed by atoms with Gasteiger partial charge in [-0.1, -0.05) is 6.07 Å². The number of hydrogen-bond acceptors (Lipinski definition) is 2. The summed E-state index contributed by atoms with van der Waals surface area (Å²) in [5, 5.41) is 3.17. The molecule has 4 nitrogen and oxygen atoms in total. The molecule has 1 N–H and O–H groups in total. The molecule has 0 saturated carbocycles. The van der Waals surface area contributed by atoms with Crippen molar-refractivity contribution in [3.8, 4) is 0 Å². The summed E-state index contributed by atoms with van der Waals surface area (Å²) in [5.74, 6) is -0.457. The molecule has 3 rings (SSSR count). The quantitative estimate of drug-likeness (QED) is 0.451. The van der Waals surface area contributed by atoms with Crippen molar-refractivity contribution in [2.45, 2.75) is 32.2 Å². The number of fused-ring (bicyclic) bond motifs is 1. The first-order valence-electron chi connectivity index (χ1n) is 8.78. The summed E-state index contributed by atoms with van der Waals surface area (Å²) in [5.41, 5.74) is 0.502. The van der Waals surface area contributed by atoms with Gasteiger partial charge in [0.15, 0.2) is 0 Å². The Kier molecular flexibility index (Phi) is 6.42. The Balaban J connectivity index is 1.37. The van der Waals surface area contributed by atoms with Gasteiger partial charge in [0.05, 0.1) is 0 Å². The van der Waals surface area contributed by atoms with E-state index in [1.807, 2.05) is 24.3 Å². The van der Waals surface area contributed by atoms with Crippen LogP contribution in [-0.2, 0) is 6.54 Å². The van der Waals surface area contributed by atoms with Crippen LogP contribution in [0.4, 0.5) is 4.39 Å². The fraction of sp³-hybridized carbons (Fsp3) is 0.300. The van der Waals surface area contributed by atoms with Gasteiger partial charge in [0.2, 0.25) is 0 Å². The van der Waals surface area contributed by atoms with E-state index in [9.17, 15) is 14.0 Å². The average molecular weight is 419 g/mol. The standard InChI is InChI=1S/C20H21FN2O2Se/c21-16-11-8-12-17-18(16)20(25)23(26-17)14-7-2-1-6-13-22-19(24)15-9-4-3-5-10-15/h3-5,8-12H,1-2,6-7,13-14H2,(H,22,24). The number of carbonyl (C=O) groups is 1. The Hall–Kier alpha value is -2.17. The molecule has 0 fully saturated rings. The van der Waals surface area contributed by atoms with E-state index in [0.717, 1.165) is 29.9 Å². The number of halogens is 1. The van der Waals surface area contributed by atoms with Gasteiger partial charge in [-0.05, 0) is 0 Å². The van der Waals surface area contributed by atoms with Gasteiger partial charge in [-0.3, -0.25) is 0 Å². The predicted molar refractivity (Wildman–Crippen MR) is 102 cm³/mol. The van der Waals surface area contributed by atoms with Crippen LogP contribution in [0, 0.1) is 5.82 Å². The number of aryl methyl sites for hydroxylation is 1. The van der Waals surface area contributed by atoms with Crippen LogP contribution in [0.5, 0.6) is 0 Å². The van der Waals surface area contributed by atoms with Gasteiger partial charge < -0.3 is 0 Å². The van der Waals surface area contributed by atoms with Crippen molar-refractivity contribution in [1.82, 2.24) is 8.88 Å². The second-order valence-corrected chi connectivity index (χ2v) is 8.38. The first-order valence-corrected chi connectivity index (χ1v) is 10.4. The number of benzene rings is 2. The van der Waals surface area contributed by atoms with E-state index >= 15 is 0 Å². The van der Waals surface area contributed by atoms with Crippen molar-refractivity contribution in [3.63, 3.8) is 0 Å². The summed E-state index contributed by atoms with van der Waals surface area (Å²) >= 11 is -0.113. The zero-order chi connectivity index (χ0) is 18.4. The van der Waals surface area contributed by atoms with Crippen LogP contribution in [-0.4, -0.2) is 30.7 Å². The fourth-order valence-electron chi connectivity index (χ4n) is 2.85. The number of unbranched alkanes of at least 4 members (excludes halogenated alkanes) is 3. The van der Waals surface area contributed by atoms with Crippen LogP contribution in [0.2, 0.25) is 0 Å². The Morgan fingerprint density at radius 1 is 1.00 bits per heavy atom. The number of hydrogen-bond donors (Lipinski definition) is 1. The van der Waals surface area contributed by atoms with E-state index in [1.165, 1.54) is 6.07 Å². The molecule has 0 spiro atoms. The number of amides is 1. The number of nitrogens with zero attached hydrogens (tertiary/aromatic N) is 1. The minimum absolute atomic E-state index is 0.0456. The van der Waals surface area contributed by atoms with Gasteiger partial charge >= 0.3 is 151 Å². The van der Waals surface area contributed by atoms with E-state index in [1.54, 1.807) is 21.8 Å². The van der Waals surface area contributed by atoms with Crippen molar-refractivity contribution in [2.75, 3.05) is 6.54 Å². The summed E-state index contributed by atoms with van der Waals surface area (Å²) in [6.45, 7) is 1.32. The molecule has 26 heavy (non-hydrogen) atoms. The van der Waals surface area contributed by atoms with Crippen LogP contribution in [0.3, 0.4) is 0 Å². The van der Waals surface area contributed by atoms with E-state index in [4.69, 9.17) is 0 Å². The molecule has 0 aliphatic rings. The van der Waals surface area contributed by atoms with Gasteiger partial charge in [0.1, 0.15) is 0 Å².